The van der Waals surface area contributed by atoms with Gasteiger partial charge < -0.3 is 10.1 Å². The second-order valence-corrected chi connectivity index (χ2v) is 4.96. The Morgan fingerprint density at radius 3 is 2.39 bits per heavy atom. The highest BCUT2D eigenvalue weighted by Crippen LogP contribution is 2.17. The second-order valence-electron chi connectivity index (χ2n) is 4.96. The molecule has 0 aliphatic carbocycles. The predicted octanol–water partition coefficient (Wildman–Crippen LogP) is 3.91. The summed E-state index contributed by atoms with van der Waals surface area (Å²) in [7, 11) is 0. The Morgan fingerprint density at radius 2 is 1.70 bits per heavy atom. The van der Waals surface area contributed by atoms with Gasteiger partial charge in [-0.2, -0.15) is 0 Å². The van der Waals surface area contributed by atoms with Crippen LogP contribution in [0.1, 0.15) is 29.8 Å². The maximum atomic E-state index is 12.3. The van der Waals surface area contributed by atoms with Gasteiger partial charge in [0.1, 0.15) is 0 Å². The Labute approximate surface area is 135 Å². The Balaban J connectivity index is 2.17. The van der Waals surface area contributed by atoms with Crippen molar-refractivity contribution < 1.29 is 14.3 Å². The number of carbonyl (C=O) groups excluding carboxylic acids is 2. The third-order valence-electron chi connectivity index (χ3n) is 3.21. The largest absolute Gasteiger partial charge is 0.462 e. The standard InChI is InChI=1S/C19H19NO3/c1-3-23-19(22)16-11-7-8-12-17(16)20-18(21)14(2)13-15-9-5-4-6-10-15/h4-13H,3H2,1-2H3,(H,20,21)/b14-13-. The van der Waals surface area contributed by atoms with Crippen molar-refractivity contribution in [2.45, 2.75) is 13.8 Å². The molecule has 1 amide bonds. The average Bonchev–Trinajstić information content (AvgIpc) is 2.56. The minimum absolute atomic E-state index is 0.259. The molecule has 0 unspecified atom stereocenters. The third kappa shape index (κ3) is 4.54. The summed E-state index contributed by atoms with van der Waals surface area (Å²) < 4.78 is 5.00. The molecule has 2 aromatic rings. The first-order valence-electron chi connectivity index (χ1n) is 7.42. The first-order chi connectivity index (χ1) is 11.1. The highest BCUT2D eigenvalue weighted by Gasteiger charge is 2.14. The highest BCUT2D eigenvalue weighted by molar-refractivity contribution is 6.09. The zero-order valence-corrected chi connectivity index (χ0v) is 13.2. The molecule has 0 spiro atoms. The summed E-state index contributed by atoms with van der Waals surface area (Å²) >= 11 is 0. The number of esters is 1. The number of carbonyl (C=O) groups is 2. The first kappa shape index (κ1) is 16.5. The van der Waals surface area contributed by atoms with Crippen LogP contribution in [0.25, 0.3) is 6.08 Å². The molecule has 1 N–H and O–H groups in total. The molecular weight excluding hydrogens is 290 g/mol. The monoisotopic (exact) mass is 309 g/mol. The van der Waals surface area contributed by atoms with E-state index in [1.807, 2.05) is 30.3 Å². The van der Waals surface area contributed by atoms with E-state index in [0.29, 0.717) is 16.8 Å². The number of hydrogen-bond acceptors (Lipinski definition) is 3. The normalized spacial score (nSPS) is 11.0. The number of rotatable bonds is 5. The zero-order chi connectivity index (χ0) is 16.7. The van der Waals surface area contributed by atoms with Gasteiger partial charge in [0.2, 0.25) is 0 Å². The minimum Gasteiger partial charge on any atom is -0.462 e. The summed E-state index contributed by atoms with van der Waals surface area (Å²) in [4.78, 5) is 24.2. The average molecular weight is 309 g/mol. The lowest BCUT2D eigenvalue weighted by Crippen LogP contribution is -2.16. The van der Waals surface area contributed by atoms with Crippen molar-refractivity contribution in [2.75, 3.05) is 11.9 Å². The molecule has 0 aliphatic rings. The molecule has 2 aromatic carbocycles. The lowest BCUT2D eigenvalue weighted by molar-refractivity contribution is -0.112. The molecule has 0 heterocycles. The van der Waals surface area contributed by atoms with Crippen LogP contribution in [0.2, 0.25) is 0 Å². The van der Waals surface area contributed by atoms with E-state index in [1.54, 1.807) is 44.2 Å². The van der Waals surface area contributed by atoms with Gasteiger partial charge in [0.05, 0.1) is 17.9 Å². The molecule has 0 radical (unpaired) electrons. The fourth-order valence-electron chi connectivity index (χ4n) is 2.06. The van der Waals surface area contributed by atoms with E-state index in [2.05, 4.69) is 5.32 Å². The van der Waals surface area contributed by atoms with Crippen LogP contribution in [0, 0.1) is 0 Å². The van der Waals surface area contributed by atoms with Gasteiger partial charge in [0, 0.05) is 5.57 Å². The second kappa shape index (κ2) is 7.94. The third-order valence-corrected chi connectivity index (χ3v) is 3.21. The van der Waals surface area contributed by atoms with Crippen LogP contribution in [0.3, 0.4) is 0 Å². The van der Waals surface area contributed by atoms with Crippen molar-refractivity contribution in [1.29, 1.82) is 0 Å². The summed E-state index contributed by atoms with van der Waals surface area (Å²) in [6.45, 7) is 3.76. The number of anilines is 1. The number of benzene rings is 2. The number of amides is 1. The molecular formula is C19H19NO3. The van der Waals surface area contributed by atoms with Crippen LogP contribution in [-0.2, 0) is 9.53 Å². The summed E-state index contributed by atoms with van der Waals surface area (Å²) in [6, 6.07) is 16.4. The quantitative estimate of drug-likeness (QED) is 0.673. The van der Waals surface area contributed by atoms with E-state index in [-0.39, 0.29) is 12.5 Å². The fraction of sp³-hybridized carbons (Fsp3) is 0.158. The van der Waals surface area contributed by atoms with Crippen molar-refractivity contribution in [3.05, 3.63) is 71.3 Å². The minimum atomic E-state index is -0.451. The maximum Gasteiger partial charge on any atom is 0.340 e. The van der Waals surface area contributed by atoms with Gasteiger partial charge in [-0.25, -0.2) is 4.79 Å². The van der Waals surface area contributed by atoms with Crippen molar-refractivity contribution in [3.8, 4) is 0 Å². The highest BCUT2D eigenvalue weighted by atomic mass is 16.5. The predicted molar refractivity (Wildman–Crippen MR) is 91.1 cm³/mol. The van der Waals surface area contributed by atoms with Crippen molar-refractivity contribution in [3.63, 3.8) is 0 Å². The number of para-hydroxylation sites is 1. The van der Waals surface area contributed by atoms with E-state index >= 15 is 0 Å². The van der Waals surface area contributed by atoms with Gasteiger partial charge >= 0.3 is 5.97 Å². The van der Waals surface area contributed by atoms with Crippen LogP contribution in [0.5, 0.6) is 0 Å². The van der Waals surface area contributed by atoms with Gasteiger partial charge in [-0.15, -0.1) is 0 Å². The van der Waals surface area contributed by atoms with Gasteiger partial charge in [0.15, 0.2) is 0 Å². The topological polar surface area (TPSA) is 55.4 Å². The van der Waals surface area contributed by atoms with Gasteiger partial charge in [-0.05, 0) is 37.6 Å². The molecule has 4 nitrogen and oxygen atoms in total. The molecule has 0 saturated carbocycles. The molecule has 0 bridgehead atoms. The zero-order valence-electron chi connectivity index (χ0n) is 13.2. The molecule has 0 atom stereocenters. The number of nitrogens with one attached hydrogen (secondary N) is 1. The molecule has 2 rings (SSSR count). The molecule has 23 heavy (non-hydrogen) atoms. The Bertz CT molecular complexity index is 720. The molecule has 0 saturated heterocycles. The van der Waals surface area contributed by atoms with Gasteiger partial charge in [-0.1, -0.05) is 42.5 Å². The van der Waals surface area contributed by atoms with E-state index < -0.39 is 5.97 Å². The van der Waals surface area contributed by atoms with Crippen LogP contribution in [-0.4, -0.2) is 18.5 Å². The van der Waals surface area contributed by atoms with Crippen LogP contribution < -0.4 is 5.32 Å². The van der Waals surface area contributed by atoms with Crippen LogP contribution in [0.4, 0.5) is 5.69 Å². The first-order valence-corrected chi connectivity index (χ1v) is 7.42. The van der Waals surface area contributed by atoms with E-state index in [9.17, 15) is 9.59 Å². The summed E-state index contributed by atoms with van der Waals surface area (Å²) in [5.74, 6) is -0.710. The fourth-order valence-corrected chi connectivity index (χ4v) is 2.06. The Hall–Kier alpha value is -2.88. The number of hydrogen-bond donors (Lipinski definition) is 1. The van der Waals surface area contributed by atoms with Crippen molar-refractivity contribution in [1.82, 2.24) is 0 Å². The molecule has 118 valence electrons. The number of ether oxygens (including phenoxy) is 1. The van der Waals surface area contributed by atoms with E-state index in [4.69, 9.17) is 4.74 Å². The smallest absolute Gasteiger partial charge is 0.340 e. The van der Waals surface area contributed by atoms with Crippen molar-refractivity contribution >= 4 is 23.6 Å². The van der Waals surface area contributed by atoms with Gasteiger partial charge in [0.25, 0.3) is 5.91 Å². The lowest BCUT2D eigenvalue weighted by Gasteiger charge is -2.10. The molecule has 0 aliphatic heterocycles. The summed E-state index contributed by atoms with van der Waals surface area (Å²) in [5, 5.41) is 2.76. The Kier molecular flexibility index (Phi) is 5.69. The summed E-state index contributed by atoms with van der Waals surface area (Å²) in [6.07, 6.45) is 1.79. The summed E-state index contributed by atoms with van der Waals surface area (Å²) in [5.41, 5.74) is 2.28. The lowest BCUT2D eigenvalue weighted by atomic mass is 10.1. The Morgan fingerprint density at radius 1 is 1.04 bits per heavy atom. The molecule has 0 aromatic heterocycles. The molecule has 0 fully saturated rings. The SMILES string of the molecule is CCOC(=O)c1ccccc1NC(=O)/C(C)=C\c1ccccc1. The van der Waals surface area contributed by atoms with Crippen molar-refractivity contribution in [2.24, 2.45) is 0 Å². The van der Waals surface area contributed by atoms with Gasteiger partial charge in [-0.3, -0.25) is 4.79 Å². The van der Waals surface area contributed by atoms with Crippen LogP contribution >= 0.6 is 0 Å². The van der Waals surface area contributed by atoms with E-state index in [1.165, 1.54) is 0 Å². The molecule has 4 heteroatoms. The maximum absolute atomic E-state index is 12.3. The van der Waals surface area contributed by atoms with E-state index in [0.717, 1.165) is 5.56 Å². The van der Waals surface area contributed by atoms with Crippen LogP contribution in [0.15, 0.2) is 60.2 Å².